The highest BCUT2D eigenvalue weighted by Gasteiger charge is 2.51. The number of nitrogens with one attached hydrogen (secondary N) is 2. The Morgan fingerprint density at radius 3 is 2.50 bits per heavy atom. The highest BCUT2D eigenvalue weighted by molar-refractivity contribution is 7.92. The molecule has 2 aromatic carbocycles. The molecular formula is C33H40N4O4S. The first kappa shape index (κ1) is 28.6. The van der Waals surface area contributed by atoms with Crippen molar-refractivity contribution in [3.63, 3.8) is 0 Å². The number of carbonyl (C=O) groups is 1. The molecular weight excluding hydrogens is 548 g/mol. The number of hydrogen-bond donors (Lipinski definition) is 2. The van der Waals surface area contributed by atoms with E-state index in [-0.39, 0.29) is 34.0 Å². The van der Waals surface area contributed by atoms with Gasteiger partial charge in [0, 0.05) is 30.5 Å². The number of fused-ring (bicyclic) bond motifs is 4. The van der Waals surface area contributed by atoms with Crippen LogP contribution in [-0.2, 0) is 14.8 Å². The van der Waals surface area contributed by atoms with Crippen molar-refractivity contribution in [2.24, 2.45) is 23.2 Å². The van der Waals surface area contributed by atoms with Gasteiger partial charge in [-0.05, 0) is 91.5 Å². The van der Waals surface area contributed by atoms with Crippen LogP contribution in [0.3, 0.4) is 0 Å². The molecule has 1 saturated carbocycles. The maximum Gasteiger partial charge on any atom is 0.264 e. The number of aryl methyl sites for hydroxylation is 2. The average molecular weight is 589 g/mol. The molecule has 222 valence electrons. The number of nitrogens with zero attached hydrogens (tertiary/aromatic N) is 2. The molecule has 2 fully saturated rings. The first-order valence-electron chi connectivity index (χ1n) is 15.0. The highest BCUT2D eigenvalue weighted by atomic mass is 32.2. The Labute approximate surface area is 248 Å². The number of amides is 1. The van der Waals surface area contributed by atoms with Crippen LogP contribution < -0.4 is 14.8 Å². The van der Waals surface area contributed by atoms with Crippen LogP contribution in [0.25, 0.3) is 11.3 Å². The number of piperidine rings is 1. The van der Waals surface area contributed by atoms with Crippen LogP contribution in [0.4, 0.5) is 5.95 Å². The maximum atomic E-state index is 13.7. The second kappa shape index (κ2) is 11.0. The van der Waals surface area contributed by atoms with Crippen LogP contribution in [-0.4, -0.2) is 37.4 Å². The summed E-state index contributed by atoms with van der Waals surface area (Å²) in [6.07, 6.45) is 4.42. The topological polar surface area (TPSA) is 110 Å². The van der Waals surface area contributed by atoms with Gasteiger partial charge in [0.2, 0.25) is 17.7 Å². The van der Waals surface area contributed by atoms with Crippen molar-refractivity contribution in [1.82, 2.24) is 15.3 Å². The van der Waals surface area contributed by atoms with Gasteiger partial charge in [0.15, 0.2) is 0 Å². The quantitative estimate of drug-likeness (QED) is 0.387. The Morgan fingerprint density at radius 2 is 1.79 bits per heavy atom. The normalized spacial score (nSPS) is 26.7. The fraction of sp³-hybridized carbons (Fsp3) is 0.485. The van der Waals surface area contributed by atoms with Gasteiger partial charge < -0.3 is 10.1 Å². The number of benzene rings is 2. The molecule has 8 nitrogen and oxygen atoms in total. The summed E-state index contributed by atoms with van der Waals surface area (Å²) < 4.78 is 36.5. The molecule has 3 heterocycles. The smallest absolute Gasteiger partial charge is 0.264 e. The predicted molar refractivity (Wildman–Crippen MR) is 163 cm³/mol. The molecule has 3 aromatic rings. The zero-order valence-electron chi connectivity index (χ0n) is 24.8. The molecule has 9 heteroatoms. The lowest BCUT2D eigenvalue weighted by atomic mass is 9.52. The van der Waals surface area contributed by atoms with Crippen molar-refractivity contribution in [3.8, 4) is 17.1 Å². The molecule has 4 bridgehead atoms. The second-order valence-corrected chi connectivity index (χ2v) is 14.7. The molecule has 42 heavy (non-hydrogen) atoms. The Hall–Kier alpha value is -3.46. The zero-order valence-corrected chi connectivity index (χ0v) is 25.6. The van der Waals surface area contributed by atoms with E-state index >= 15 is 0 Å². The molecule has 6 rings (SSSR count). The summed E-state index contributed by atoms with van der Waals surface area (Å²) in [5.41, 5.74) is 4.69. The third kappa shape index (κ3) is 5.63. The van der Waals surface area contributed by atoms with Gasteiger partial charge in [0.1, 0.15) is 0 Å². The molecule has 1 spiro atoms. The molecule has 1 aliphatic carbocycles. The Bertz CT molecular complexity index is 1590. The highest BCUT2D eigenvalue weighted by Crippen LogP contribution is 2.58. The van der Waals surface area contributed by atoms with Gasteiger partial charge in [0.25, 0.3) is 10.0 Å². The van der Waals surface area contributed by atoms with Crippen molar-refractivity contribution >= 4 is 21.9 Å². The Balaban J connectivity index is 1.43. The average Bonchev–Trinajstić information content (AvgIpc) is 2.90. The van der Waals surface area contributed by atoms with Crippen LogP contribution in [0.5, 0.6) is 5.88 Å². The number of hydrogen-bond acceptors (Lipinski definition) is 6. The van der Waals surface area contributed by atoms with Gasteiger partial charge in [-0.15, -0.1) is 0 Å². The Morgan fingerprint density at radius 1 is 1.05 bits per heavy atom. The summed E-state index contributed by atoms with van der Waals surface area (Å²) in [6.45, 7) is 9.65. The molecule has 2 N–H and O–H groups in total. The van der Waals surface area contributed by atoms with E-state index in [1.807, 2.05) is 50.2 Å². The van der Waals surface area contributed by atoms with Crippen molar-refractivity contribution in [3.05, 3.63) is 65.2 Å². The standard InChI is InChI=1S/C33H40N4O4S/c1-20(2)13-24-19-41-29-15-27(30-21(3)7-5-8-22(30)4)35-32(36-29)37-42(39,40)26-10-6-9-23(14-26)31(24)25-16-33(17-25)11-12-34-28(38)18-33/h5-10,14-15,20,24-25,31H,11-13,16-19H2,1-4H3,(H,34,38)(H,35,36,37)/t24-,25?,31?,33?/m1/s1. The summed E-state index contributed by atoms with van der Waals surface area (Å²) in [7, 11) is -3.96. The summed E-state index contributed by atoms with van der Waals surface area (Å²) in [5, 5.41) is 2.98. The molecule has 3 aliphatic rings. The van der Waals surface area contributed by atoms with E-state index in [0.29, 0.717) is 36.4 Å². The van der Waals surface area contributed by atoms with E-state index in [0.717, 1.165) is 54.5 Å². The summed E-state index contributed by atoms with van der Waals surface area (Å²) >= 11 is 0. The predicted octanol–water partition coefficient (Wildman–Crippen LogP) is 6.01. The van der Waals surface area contributed by atoms with Crippen molar-refractivity contribution in [2.45, 2.75) is 70.6 Å². The van der Waals surface area contributed by atoms with Crippen LogP contribution in [0.15, 0.2) is 53.4 Å². The van der Waals surface area contributed by atoms with E-state index < -0.39 is 10.0 Å². The first-order chi connectivity index (χ1) is 20.0. The van der Waals surface area contributed by atoms with Gasteiger partial charge in [-0.25, -0.2) is 18.1 Å². The molecule has 1 aromatic heterocycles. The lowest BCUT2D eigenvalue weighted by Gasteiger charge is -2.54. The van der Waals surface area contributed by atoms with Crippen molar-refractivity contribution in [1.29, 1.82) is 0 Å². The van der Waals surface area contributed by atoms with Crippen molar-refractivity contribution < 1.29 is 17.9 Å². The van der Waals surface area contributed by atoms with E-state index in [4.69, 9.17) is 4.74 Å². The lowest BCUT2D eigenvalue weighted by Crippen LogP contribution is -2.50. The molecule has 2 atom stereocenters. The number of sulfonamides is 1. The van der Waals surface area contributed by atoms with Gasteiger partial charge in [0.05, 0.1) is 17.2 Å². The minimum atomic E-state index is -3.96. The van der Waals surface area contributed by atoms with Gasteiger partial charge in [-0.1, -0.05) is 44.2 Å². The molecule has 1 unspecified atom stereocenters. The van der Waals surface area contributed by atoms with Crippen LogP contribution in [0.2, 0.25) is 0 Å². The van der Waals surface area contributed by atoms with Gasteiger partial charge >= 0.3 is 0 Å². The summed E-state index contributed by atoms with van der Waals surface area (Å²) in [4.78, 5) is 21.6. The van der Waals surface area contributed by atoms with E-state index in [1.54, 1.807) is 6.07 Å². The monoisotopic (exact) mass is 588 g/mol. The molecule has 2 aliphatic heterocycles. The van der Waals surface area contributed by atoms with Crippen LogP contribution in [0.1, 0.15) is 68.6 Å². The number of ether oxygens (including phenoxy) is 1. The summed E-state index contributed by atoms with van der Waals surface area (Å²) in [5.74, 6) is 1.47. The molecule has 0 radical (unpaired) electrons. The fourth-order valence-corrected chi connectivity index (χ4v) is 8.62. The number of carbonyl (C=O) groups excluding carboxylic acids is 1. The SMILES string of the molecule is Cc1cccc(C)c1-c1cc2nc(n1)NS(=O)(=O)c1cccc(c1)C(C1CC3(CCNC(=O)C3)C1)[C@H](CC(C)C)CO2. The molecule has 1 saturated heterocycles. The lowest BCUT2D eigenvalue weighted by molar-refractivity contribution is -0.130. The van der Waals surface area contributed by atoms with Gasteiger partial charge in [-0.3, -0.25) is 4.79 Å². The molecule has 1 amide bonds. The third-order valence-electron chi connectivity index (χ3n) is 9.36. The summed E-state index contributed by atoms with van der Waals surface area (Å²) in [6, 6.07) is 15.2. The number of rotatable bonds is 4. The van der Waals surface area contributed by atoms with Crippen LogP contribution in [0, 0.1) is 37.0 Å². The number of anilines is 1. The Kier molecular flexibility index (Phi) is 7.50. The van der Waals surface area contributed by atoms with E-state index in [2.05, 4.69) is 39.9 Å². The van der Waals surface area contributed by atoms with E-state index in [9.17, 15) is 13.2 Å². The largest absolute Gasteiger partial charge is 0.477 e. The van der Waals surface area contributed by atoms with Crippen LogP contribution >= 0.6 is 0 Å². The van der Waals surface area contributed by atoms with Gasteiger partial charge in [-0.2, -0.15) is 4.98 Å². The maximum absolute atomic E-state index is 13.7. The van der Waals surface area contributed by atoms with E-state index in [1.165, 1.54) is 0 Å². The third-order valence-corrected chi connectivity index (χ3v) is 10.7. The number of aromatic nitrogens is 2. The fourth-order valence-electron chi connectivity index (χ4n) is 7.62. The van der Waals surface area contributed by atoms with Crippen molar-refractivity contribution in [2.75, 3.05) is 17.9 Å². The minimum Gasteiger partial charge on any atom is -0.477 e. The first-order valence-corrected chi connectivity index (χ1v) is 16.5. The minimum absolute atomic E-state index is 0.00963. The zero-order chi connectivity index (χ0) is 29.6. The second-order valence-electron chi connectivity index (χ2n) is 13.0.